The Bertz CT molecular complexity index is 554. The summed E-state index contributed by atoms with van der Waals surface area (Å²) in [5.41, 5.74) is 3.80. The van der Waals surface area contributed by atoms with Crippen LogP contribution < -0.4 is 5.32 Å². The van der Waals surface area contributed by atoms with Crippen LogP contribution in [0.2, 0.25) is 0 Å². The molecule has 3 nitrogen and oxygen atoms in total. The van der Waals surface area contributed by atoms with E-state index in [1.807, 2.05) is 6.07 Å². The number of hydrogen-bond acceptors (Lipinski definition) is 3. The summed E-state index contributed by atoms with van der Waals surface area (Å²) < 4.78 is 13.2. The quantitative estimate of drug-likeness (QED) is 0.812. The van der Waals surface area contributed by atoms with Crippen LogP contribution in [-0.2, 0) is 13.0 Å². The number of hydrogen-bond donors (Lipinski definition) is 1. The zero-order chi connectivity index (χ0) is 11.7. The third-order valence-corrected chi connectivity index (χ3v) is 2.97. The van der Waals surface area contributed by atoms with E-state index >= 15 is 0 Å². The van der Waals surface area contributed by atoms with E-state index in [0.29, 0.717) is 0 Å². The van der Waals surface area contributed by atoms with Crippen LogP contribution in [0.3, 0.4) is 0 Å². The molecule has 0 atom stereocenters. The first-order chi connectivity index (χ1) is 8.34. The summed E-state index contributed by atoms with van der Waals surface area (Å²) in [6.07, 6.45) is 2.46. The van der Waals surface area contributed by atoms with E-state index in [-0.39, 0.29) is 5.82 Å². The van der Waals surface area contributed by atoms with E-state index in [4.69, 9.17) is 0 Å². The molecule has 86 valence electrons. The Hall–Kier alpha value is -1.81. The van der Waals surface area contributed by atoms with Crippen LogP contribution in [0.1, 0.15) is 11.3 Å². The molecule has 1 N–H and O–H groups in total. The summed E-state index contributed by atoms with van der Waals surface area (Å²) in [4.78, 5) is 8.57. The highest BCUT2D eigenvalue weighted by Gasteiger charge is 2.16. The first-order valence-corrected chi connectivity index (χ1v) is 5.64. The molecule has 0 bridgehead atoms. The van der Waals surface area contributed by atoms with E-state index in [1.54, 1.807) is 12.4 Å². The second-order valence-electron chi connectivity index (χ2n) is 4.08. The largest absolute Gasteiger partial charge is 0.312 e. The lowest BCUT2D eigenvalue weighted by Gasteiger charge is -2.18. The summed E-state index contributed by atoms with van der Waals surface area (Å²) in [6.45, 7) is 1.69. The van der Waals surface area contributed by atoms with Gasteiger partial charge in [0.15, 0.2) is 0 Å². The molecule has 1 aliphatic heterocycles. The molecule has 0 radical (unpaired) electrons. The molecule has 17 heavy (non-hydrogen) atoms. The van der Waals surface area contributed by atoms with Crippen molar-refractivity contribution in [3.63, 3.8) is 0 Å². The Morgan fingerprint density at radius 3 is 3.06 bits per heavy atom. The molecule has 0 saturated carbocycles. The molecule has 0 amide bonds. The molecule has 2 aromatic rings. The lowest BCUT2D eigenvalue weighted by Crippen LogP contribution is -2.25. The van der Waals surface area contributed by atoms with Gasteiger partial charge in [-0.1, -0.05) is 12.1 Å². The van der Waals surface area contributed by atoms with Gasteiger partial charge in [-0.3, -0.25) is 0 Å². The number of fused-ring (bicyclic) bond motifs is 1. The van der Waals surface area contributed by atoms with Crippen molar-refractivity contribution in [2.75, 3.05) is 6.54 Å². The number of halogens is 1. The van der Waals surface area contributed by atoms with E-state index in [1.165, 1.54) is 12.1 Å². The van der Waals surface area contributed by atoms with Crippen molar-refractivity contribution in [2.24, 2.45) is 0 Å². The lowest BCUT2D eigenvalue weighted by atomic mass is 10.0. The zero-order valence-corrected chi connectivity index (χ0v) is 9.28. The Kier molecular flexibility index (Phi) is 2.57. The monoisotopic (exact) mass is 229 g/mol. The summed E-state index contributed by atoms with van der Waals surface area (Å²) >= 11 is 0. The van der Waals surface area contributed by atoms with Gasteiger partial charge in [0.25, 0.3) is 0 Å². The number of benzene rings is 1. The maximum atomic E-state index is 13.2. The van der Waals surface area contributed by atoms with E-state index in [9.17, 15) is 4.39 Å². The highest BCUT2D eigenvalue weighted by Crippen LogP contribution is 2.25. The molecule has 4 heteroatoms. The Morgan fingerprint density at radius 2 is 2.18 bits per heavy atom. The molecule has 3 rings (SSSR count). The van der Waals surface area contributed by atoms with E-state index in [0.717, 1.165) is 42.0 Å². The molecule has 0 saturated heterocycles. The normalized spacial score (nSPS) is 14.4. The average molecular weight is 229 g/mol. The summed E-state index contributed by atoms with van der Waals surface area (Å²) in [5.74, 6) is -0.237. The summed E-state index contributed by atoms with van der Waals surface area (Å²) in [7, 11) is 0. The van der Waals surface area contributed by atoms with Gasteiger partial charge >= 0.3 is 0 Å². The molecule has 1 aliphatic rings. The number of rotatable bonds is 1. The fourth-order valence-corrected chi connectivity index (χ4v) is 2.15. The standard InChI is InChI=1S/C13H12FN3/c14-10-3-1-2-9(6-10)13-11-7-15-5-4-12(11)16-8-17-13/h1-3,6,8,15H,4-5,7H2. The van der Waals surface area contributed by atoms with Crippen LogP contribution in [0, 0.1) is 5.82 Å². The third-order valence-electron chi connectivity index (χ3n) is 2.97. The smallest absolute Gasteiger partial charge is 0.123 e. The van der Waals surface area contributed by atoms with Crippen molar-refractivity contribution >= 4 is 0 Å². The molecule has 0 unspecified atom stereocenters. The van der Waals surface area contributed by atoms with Crippen LogP contribution in [0.4, 0.5) is 4.39 Å². The second-order valence-corrected chi connectivity index (χ2v) is 4.08. The Morgan fingerprint density at radius 1 is 1.24 bits per heavy atom. The number of nitrogens with zero attached hydrogens (tertiary/aromatic N) is 2. The van der Waals surface area contributed by atoms with Crippen molar-refractivity contribution in [3.8, 4) is 11.3 Å². The number of aromatic nitrogens is 2. The van der Waals surface area contributed by atoms with Gasteiger partial charge in [-0.15, -0.1) is 0 Å². The minimum Gasteiger partial charge on any atom is -0.312 e. The molecular weight excluding hydrogens is 217 g/mol. The van der Waals surface area contributed by atoms with Gasteiger partial charge < -0.3 is 5.32 Å². The van der Waals surface area contributed by atoms with Gasteiger partial charge in [-0.25, -0.2) is 14.4 Å². The Labute approximate surface area is 98.7 Å². The maximum Gasteiger partial charge on any atom is 0.123 e. The van der Waals surface area contributed by atoms with E-state index in [2.05, 4.69) is 15.3 Å². The third kappa shape index (κ3) is 1.91. The van der Waals surface area contributed by atoms with Gasteiger partial charge in [0.1, 0.15) is 12.1 Å². The van der Waals surface area contributed by atoms with Gasteiger partial charge in [0.05, 0.1) is 11.4 Å². The van der Waals surface area contributed by atoms with Gasteiger partial charge in [-0.2, -0.15) is 0 Å². The Balaban J connectivity index is 2.14. The molecule has 0 fully saturated rings. The highest BCUT2D eigenvalue weighted by atomic mass is 19.1. The van der Waals surface area contributed by atoms with E-state index < -0.39 is 0 Å². The minimum atomic E-state index is -0.237. The van der Waals surface area contributed by atoms with Crippen LogP contribution in [0.5, 0.6) is 0 Å². The van der Waals surface area contributed by atoms with Crippen LogP contribution in [0.25, 0.3) is 11.3 Å². The minimum absolute atomic E-state index is 0.237. The first-order valence-electron chi connectivity index (χ1n) is 5.64. The highest BCUT2D eigenvalue weighted by molar-refractivity contribution is 5.63. The van der Waals surface area contributed by atoms with Crippen LogP contribution in [0.15, 0.2) is 30.6 Å². The van der Waals surface area contributed by atoms with Crippen molar-refractivity contribution in [3.05, 3.63) is 47.7 Å². The SMILES string of the molecule is Fc1cccc(-c2ncnc3c2CNCC3)c1. The number of nitrogens with one attached hydrogen (secondary N) is 1. The molecular formula is C13H12FN3. The molecule has 0 aliphatic carbocycles. The fourth-order valence-electron chi connectivity index (χ4n) is 2.15. The van der Waals surface area contributed by atoms with Gasteiger partial charge in [0, 0.05) is 30.6 Å². The molecule has 1 aromatic heterocycles. The van der Waals surface area contributed by atoms with Gasteiger partial charge in [-0.05, 0) is 12.1 Å². The molecule has 2 heterocycles. The predicted molar refractivity (Wildman–Crippen MR) is 62.8 cm³/mol. The fraction of sp³-hybridized carbons (Fsp3) is 0.231. The van der Waals surface area contributed by atoms with Crippen molar-refractivity contribution in [2.45, 2.75) is 13.0 Å². The lowest BCUT2D eigenvalue weighted by molar-refractivity contribution is 0.624. The van der Waals surface area contributed by atoms with Crippen molar-refractivity contribution in [1.29, 1.82) is 0 Å². The second kappa shape index (κ2) is 4.22. The first kappa shape index (κ1) is 10.4. The molecule has 1 aromatic carbocycles. The van der Waals surface area contributed by atoms with Gasteiger partial charge in [0.2, 0.25) is 0 Å². The predicted octanol–water partition coefficient (Wildman–Crippen LogP) is 1.93. The van der Waals surface area contributed by atoms with Crippen LogP contribution in [-0.4, -0.2) is 16.5 Å². The summed E-state index contributed by atoms with van der Waals surface area (Å²) in [5, 5.41) is 3.29. The molecule has 0 spiro atoms. The summed E-state index contributed by atoms with van der Waals surface area (Å²) in [6, 6.07) is 6.53. The van der Waals surface area contributed by atoms with Crippen molar-refractivity contribution in [1.82, 2.24) is 15.3 Å². The maximum absolute atomic E-state index is 13.2. The van der Waals surface area contributed by atoms with Crippen LogP contribution >= 0.6 is 0 Å². The topological polar surface area (TPSA) is 37.8 Å². The zero-order valence-electron chi connectivity index (χ0n) is 9.28. The average Bonchev–Trinajstić information content (AvgIpc) is 2.38. The van der Waals surface area contributed by atoms with Crippen molar-refractivity contribution < 1.29 is 4.39 Å².